The molecule has 0 unspecified atom stereocenters. The smallest absolute Gasteiger partial charge is 0.235 e. The number of sulfonamides is 1. The van der Waals surface area contributed by atoms with Gasteiger partial charge in [0.15, 0.2) is 0 Å². The van der Waals surface area contributed by atoms with Crippen LogP contribution in [-0.2, 0) is 10.0 Å². The molecule has 0 aliphatic rings. The summed E-state index contributed by atoms with van der Waals surface area (Å²) in [4.78, 5) is 0. The molecule has 0 fully saturated rings. The zero-order valence-electron chi connectivity index (χ0n) is 10.7. The number of rotatable bonds is 6. The van der Waals surface area contributed by atoms with E-state index in [2.05, 4.69) is 4.72 Å². The number of hydrogen-bond acceptors (Lipinski definition) is 3. The summed E-state index contributed by atoms with van der Waals surface area (Å²) < 4.78 is 31.6. The van der Waals surface area contributed by atoms with Gasteiger partial charge in [-0.05, 0) is 38.5 Å². The second kappa shape index (κ2) is 6.29. The molecule has 1 aromatic rings. The van der Waals surface area contributed by atoms with E-state index < -0.39 is 15.3 Å². The summed E-state index contributed by atoms with van der Waals surface area (Å²) in [5, 5.41) is -0.0594. The Kier molecular flexibility index (Phi) is 5.28. The third-order valence-electron chi connectivity index (χ3n) is 2.28. The summed E-state index contributed by atoms with van der Waals surface area (Å²) in [6, 6.07) is 4.88. The van der Waals surface area contributed by atoms with Crippen molar-refractivity contribution in [2.45, 2.75) is 32.4 Å². The van der Waals surface area contributed by atoms with Crippen LogP contribution in [0.15, 0.2) is 18.2 Å². The second-order valence-electron chi connectivity index (χ2n) is 4.18. The molecule has 0 aliphatic carbocycles. The summed E-state index contributed by atoms with van der Waals surface area (Å²) in [6.45, 7) is 5.73. The standard InChI is InChI=1S/C12H18ClNO3S/c1-4-7-17-12-6-5-10(13)8-11(12)14-18(15,16)9(2)3/h5-6,8-9,14H,4,7H2,1-3H3. The number of hydrogen-bond donors (Lipinski definition) is 1. The number of anilines is 1. The molecule has 0 saturated heterocycles. The molecule has 0 radical (unpaired) electrons. The molecular formula is C12H18ClNO3S. The SMILES string of the molecule is CCCOc1ccc(Cl)cc1NS(=O)(=O)C(C)C. The van der Waals surface area contributed by atoms with E-state index in [9.17, 15) is 8.42 Å². The molecule has 0 spiro atoms. The van der Waals surface area contributed by atoms with Gasteiger partial charge in [0.1, 0.15) is 5.75 Å². The third kappa shape index (κ3) is 4.07. The van der Waals surface area contributed by atoms with Crippen LogP contribution < -0.4 is 9.46 Å². The molecule has 1 aromatic carbocycles. The molecule has 0 aliphatic heterocycles. The largest absolute Gasteiger partial charge is 0.491 e. The maximum absolute atomic E-state index is 11.8. The average molecular weight is 292 g/mol. The minimum Gasteiger partial charge on any atom is -0.491 e. The predicted octanol–water partition coefficient (Wildman–Crippen LogP) is 3.28. The highest BCUT2D eigenvalue weighted by Gasteiger charge is 2.18. The lowest BCUT2D eigenvalue weighted by Crippen LogP contribution is -2.22. The molecule has 4 nitrogen and oxygen atoms in total. The molecule has 1 rings (SSSR count). The molecule has 0 atom stereocenters. The van der Waals surface area contributed by atoms with Crippen molar-refractivity contribution in [1.82, 2.24) is 0 Å². The Balaban J connectivity index is 3.02. The Morgan fingerprint density at radius 3 is 2.61 bits per heavy atom. The number of benzene rings is 1. The minimum atomic E-state index is -3.40. The van der Waals surface area contributed by atoms with Crippen molar-refractivity contribution in [2.75, 3.05) is 11.3 Å². The van der Waals surface area contributed by atoms with E-state index in [0.717, 1.165) is 6.42 Å². The van der Waals surface area contributed by atoms with Crippen molar-refractivity contribution in [2.24, 2.45) is 0 Å². The van der Waals surface area contributed by atoms with Gasteiger partial charge in [-0.1, -0.05) is 18.5 Å². The third-order valence-corrected chi connectivity index (χ3v) is 4.26. The van der Waals surface area contributed by atoms with E-state index in [1.807, 2.05) is 6.92 Å². The normalized spacial score (nSPS) is 11.6. The lowest BCUT2D eigenvalue weighted by Gasteiger charge is -2.15. The molecule has 1 N–H and O–H groups in total. The first-order valence-corrected chi connectivity index (χ1v) is 7.73. The molecule has 0 bridgehead atoms. The van der Waals surface area contributed by atoms with Gasteiger partial charge in [0.25, 0.3) is 0 Å². The summed E-state index contributed by atoms with van der Waals surface area (Å²) in [7, 11) is -3.40. The van der Waals surface area contributed by atoms with Crippen LogP contribution >= 0.6 is 11.6 Å². The minimum absolute atomic E-state index is 0.379. The Morgan fingerprint density at radius 1 is 1.39 bits per heavy atom. The Labute approximate surface area is 113 Å². The van der Waals surface area contributed by atoms with E-state index in [4.69, 9.17) is 16.3 Å². The Hall–Kier alpha value is -0.940. The molecule has 6 heteroatoms. The zero-order chi connectivity index (χ0) is 13.8. The molecule has 0 saturated carbocycles. The van der Waals surface area contributed by atoms with Crippen LogP contribution in [0.2, 0.25) is 5.02 Å². The first kappa shape index (κ1) is 15.1. The number of ether oxygens (including phenoxy) is 1. The van der Waals surface area contributed by atoms with Gasteiger partial charge in [0.05, 0.1) is 17.5 Å². The van der Waals surface area contributed by atoms with Crippen LogP contribution in [0.3, 0.4) is 0 Å². The fourth-order valence-electron chi connectivity index (χ4n) is 1.19. The first-order chi connectivity index (χ1) is 8.36. The number of nitrogens with one attached hydrogen (secondary N) is 1. The fraction of sp³-hybridized carbons (Fsp3) is 0.500. The first-order valence-electron chi connectivity index (χ1n) is 5.80. The van der Waals surface area contributed by atoms with Crippen molar-refractivity contribution >= 4 is 27.3 Å². The second-order valence-corrected chi connectivity index (χ2v) is 6.86. The topological polar surface area (TPSA) is 55.4 Å². The van der Waals surface area contributed by atoms with Crippen LogP contribution in [0, 0.1) is 0 Å². The van der Waals surface area contributed by atoms with Crippen LogP contribution in [0.1, 0.15) is 27.2 Å². The van der Waals surface area contributed by atoms with Crippen LogP contribution in [0.25, 0.3) is 0 Å². The number of halogens is 1. The highest BCUT2D eigenvalue weighted by atomic mass is 35.5. The van der Waals surface area contributed by atoms with Crippen molar-refractivity contribution < 1.29 is 13.2 Å². The van der Waals surface area contributed by atoms with Gasteiger partial charge < -0.3 is 4.74 Å². The summed E-state index contributed by atoms with van der Waals surface area (Å²) in [5.74, 6) is 0.491. The van der Waals surface area contributed by atoms with E-state index in [1.165, 1.54) is 0 Å². The van der Waals surface area contributed by atoms with Gasteiger partial charge in [-0.25, -0.2) is 8.42 Å². The summed E-state index contributed by atoms with van der Waals surface area (Å²) in [5.41, 5.74) is 0.379. The Morgan fingerprint density at radius 2 is 2.06 bits per heavy atom. The molecule has 0 aromatic heterocycles. The van der Waals surface area contributed by atoms with Crippen LogP contribution in [0.5, 0.6) is 5.75 Å². The lowest BCUT2D eigenvalue weighted by molar-refractivity contribution is 0.319. The van der Waals surface area contributed by atoms with E-state index in [1.54, 1.807) is 32.0 Å². The van der Waals surface area contributed by atoms with Gasteiger partial charge in [-0.3, -0.25) is 4.72 Å². The van der Waals surface area contributed by atoms with Crippen LogP contribution in [0.4, 0.5) is 5.69 Å². The molecular weight excluding hydrogens is 274 g/mol. The average Bonchev–Trinajstić information content (AvgIpc) is 2.27. The summed E-state index contributed by atoms with van der Waals surface area (Å²) in [6.07, 6.45) is 0.846. The van der Waals surface area contributed by atoms with Crippen molar-refractivity contribution in [3.05, 3.63) is 23.2 Å². The van der Waals surface area contributed by atoms with E-state index in [-0.39, 0.29) is 0 Å². The molecule has 0 heterocycles. The summed E-state index contributed by atoms with van der Waals surface area (Å²) >= 11 is 5.87. The van der Waals surface area contributed by atoms with Gasteiger partial charge in [0.2, 0.25) is 10.0 Å². The van der Waals surface area contributed by atoms with Gasteiger partial charge in [-0.2, -0.15) is 0 Å². The van der Waals surface area contributed by atoms with Crippen molar-refractivity contribution in [3.63, 3.8) is 0 Å². The van der Waals surface area contributed by atoms with E-state index >= 15 is 0 Å². The highest BCUT2D eigenvalue weighted by molar-refractivity contribution is 7.93. The molecule has 102 valence electrons. The van der Waals surface area contributed by atoms with Crippen molar-refractivity contribution in [1.29, 1.82) is 0 Å². The van der Waals surface area contributed by atoms with Crippen LogP contribution in [-0.4, -0.2) is 20.3 Å². The highest BCUT2D eigenvalue weighted by Crippen LogP contribution is 2.29. The monoisotopic (exact) mass is 291 g/mol. The molecule has 18 heavy (non-hydrogen) atoms. The lowest BCUT2D eigenvalue weighted by atomic mass is 10.3. The maximum Gasteiger partial charge on any atom is 0.235 e. The van der Waals surface area contributed by atoms with E-state index in [0.29, 0.717) is 23.1 Å². The predicted molar refractivity (Wildman–Crippen MR) is 74.9 cm³/mol. The zero-order valence-corrected chi connectivity index (χ0v) is 12.3. The molecule has 0 amide bonds. The Bertz CT molecular complexity index is 500. The quantitative estimate of drug-likeness (QED) is 0.875. The van der Waals surface area contributed by atoms with Crippen molar-refractivity contribution in [3.8, 4) is 5.75 Å². The van der Waals surface area contributed by atoms with Gasteiger partial charge >= 0.3 is 0 Å². The van der Waals surface area contributed by atoms with Gasteiger partial charge in [0, 0.05) is 5.02 Å². The van der Waals surface area contributed by atoms with Gasteiger partial charge in [-0.15, -0.1) is 0 Å². The fourth-order valence-corrected chi connectivity index (χ4v) is 2.06. The maximum atomic E-state index is 11.8.